The summed E-state index contributed by atoms with van der Waals surface area (Å²) < 4.78 is 5.32. The molecule has 0 aliphatic heterocycles. The highest BCUT2D eigenvalue weighted by atomic mass is 35.5. The largest absolute Gasteiger partial charge is 0.496 e. The van der Waals surface area contributed by atoms with Gasteiger partial charge in [-0.1, -0.05) is 83.5 Å². The van der Waals surface area contributed by atoms with Gasteiger partial charge in [-0.05, 0) is 69.4 Å². The zero-order valence-corrected chi connectivity index (χ0v) is 26.3. The Hall–Kier alpha value is -3.75. The number of halogens is 1. The molecular weight excluding hydrogens is 568 g/mol. The summed E-state index contributed by atoms with van der Waals surface area (Å²) in [6, 6.07) is 14.9. The number of carbonyl (C=O) groups excluding carboxylic acids is 2. The van der Waals surface area contributed by atoms with Crippen molar-refractivity contribution in [3.63, 3.8) is 0 Å². The lowest BCUT2D eigenvalue weighted by atomic mass is 10.1. The third-order valence-corrected chi connectivity index (χ3v) is 7.84. The number of para-hydroxylation sites is 1. The zero-order valence-electron chi connectivity index (χ0n) is 24.7. The van der Waals surface area contributed by atoms with Crippen molar-refractivity contribution >= 4 is 39.9 Å². The van der Waals surface area contributed by atoms with Crippen LogP contribution in [0.2, 0.25) is 5.02 Å². The first-order valence-corrected chi connectivity index (χ1v) is 15.3. The minimum Gasteiger partial charge on any atom is -0.496 e. The molecule has 9 heteroatoms. The Morgan fingerprint density at radius 3 is 2.38 bits per heavy atom. The van der Waals surface area contributed by atoms with Crippen molar-refractivity contribution in [1.82, 2.24) is 15.5 Å². The van der Waals surface area contributed by atoms with Crippen LogP contribution < -0.4 is 15.4 Å². The van der Waals surface area contributed by atoms with E-state index in [-0.39, 0.29) is 24.7 Å². The first-order valence-electron chi connectivity index (χ1n) is 14.1. The fourth-order valence-electron chi connectivity index (χ4n) is 4.10. The summed E-state index contributed by atoms with van der Waals surface area (Å²) in [5.74, 6) is 0.430. The van der Waals surface area contributed by atoms with Gasteiger partial charge in [0.05, 0.1) is 20.0 Å². The van der Waals surface area contributed by atoms with Gasteiger partial charge in [0, 0.05) is 22.7 Å². The second-order valence-electron chi connectivity index (χ2n) is 10.0. The van der Waals surface area contributed by atoms with E-state index in [4.69, 9.17) is 16.3 Å². The van der Waals surface area contributed by atoms with Gasteiger partial charge in [0.1, 0.15) is 10.8 Å². The van der Waals surface area contributed by atoms with Gasteiger partial charge in [-0.2, -0.15) is 0 Å². The fraction of sp³-hybridized carbons (Fsp3) is 0.333. The molecule has 0 aliphatic carbocycles. The van der Waals surface area contributed by atoms with Crippen LogP contribution in [0, 0.1) is 0 Å². The molecule has 222 valence electrons. The van der Waals surface area contributed by atoms with E-state index in [9.17, 15) is 9.59 Å². The molecule has 2 N–H and O–H groups in total. The van der Waals surface area contributed by atoms with Gasteiger partial charge < -0.3 is 15.4 Å². The van der Waals surface area contributed by atoms with Crippen molar-refractivity contribution in [2.24, 2.45) is 0 Å². The van der Waals surface area contributed by atoms with Gasteiger partial charge in [-0.25, -0.2) is 0 Å². The highest BCUT2D eigenvalue weighted by molar-refractivity contribution is 7.15. The van der Waals surface area contributed by atoms with Crippen molar-refractivity contribution in [2.45, 2.75) is 65.7 Å². The summed E-state index contributed by atoms with van der Waals surface area (Å²) >= 11 is 7.63. The number of methoxy groups -OCH3 is 1. The van der Waals surface area contributed by atoms with E-state index in [0.29, 0.717) is 15.9 Å². The molecule has 0 fully saturated rings. The second kappa shape index (κ2) is 17.3. The maximum atomic E-state index is 12.7. The van der Waals surface area contributed by atoms with Gasteiger partial charge in [0.2, 0.25) is 16.9 Å². The number of nitrogens with one attached hydrogen (secondary N) is 2. The van der Waals surface area contributed by atoms with Gasteiger partial charge in [-0.3, -0.25) is 9.59 Å². The predicted molar refractivity (Wildman–Crippen MR) is 172 cm³/mol. The number of hydrogen-bond donors (Lipinski definition) is 2. The average molecular weight is 607 g/mol. The number of rotatable bonds is 15. The molecular formula is C33H39ClN4O3S. The Bertz CT molecular complexity index is 1440. The van der Waals surface area contributed by atoms with Gasteiger partial charge in [0.15, 0.2) is 0 Å². The van der Waals surface area contributed by atoms with Crippen LogP contribution in [-0.2, 0) is 28.9 Å². The number of carbonyl (C=O) groups is 2. The number of allylic oxidation sites excluding steroid dienone is 5. The average Bonchev–Trinajstić information content (AvgIpc) is 3.42. The minimum absolute atomic E-state index is 0.104. The van der Waals surface area contributed by atoms with E-state index in [1.54, 1.807) is 13.2 Å². The molecule has 0 bridgehead atoms. The van der Waals surface area contributed by atoms with Crippen LogP contribution in [0.1, 0.15) is 62.6 Å². The number of aryl methyl sites for hydroxylation is 1. The molecule has 0 spiro atoms. The van der Waals surface area contributed by atoms with Gasteiger partial charge in [0.25, 0.3) is 0 Å². The minimum atomic E-state index is -0.153. The van der Waals surface area contributed by atoms with Gasteiger partial charge in [-0.15, -0.1) is 10.2 Å². The summed E-state index contributed by atoms with van der Waals surface area (Å²) in [7, 11) is 1.59. The Balaban J connectivity index is 1.47. The van der Waals surface area contributed by atoms with E-state index in [1.165, 1.54) is 22.5 Å². The first-order chi connectivity index (χ1) is 20.3. The van der Waals surface area contributed by atoms with Crippen LogP contribution in [-0.4, -0.2) is 29.1 Å². The summed E-state index contributed by atoms with van der Waals surface area (Å²) in [4.78, 5) is 25.2. The summed E-state index contributed by atoms with van der Waals surface area (Å²) in [5.41, 5.74) is 4.79. The second-order valence-corrected chi connectivity index (χ2v) is 11.5. The summed E-state index contributed by atoms with van der Waals surface area (Å²) in [6.07, 6.45) is 11.0. The van der Waals surface area contributed by atoms with E-state index in [1.807, 2.05) is 54.6 Å². The number of amides is 2. The number of anilines is 1. The zero-order chi connectivity index (χ0) is 30.3. The number of nitrogens with zero attached hydrogens (tertiary/aromatic N) is 2. The van der Waals surface area contributed by atoms with E-state index in [0.717, 1.165) is 53.9 Å². The first kappa shape index (κ1) is 32.8. The SMILES string of the molecule is CCC(C)=CC(=CC=C(C)CCCCc1nnc(NC(=O)Cc2ccccc2OC)s1)NC(=O)Cc1ccccc1Cl. The normalized spacial score (nSPS) is 12.3. The van der Waals surface area contributed by atoms with Crippen molar-refractivity contribution in [3.05, 3.63) is 105 Å². The maximum absolute atomic E-state index is 12.7. The van der Waals surface area contributed by atoms with Crippen LogP contribution >= 0.6 is 22.9 Å². The number of hydrogen-bond acceptors (Lipinski definition) is 6. The van der Waals surface area contributed by atoms with E-state index in [2.05, 4.69) is 47.7 Å². The van der Waals surface area contributed by atoms with Crippen LogP contribution in [0.3, 0.4) is 0 Å². The molecule has 0 saturated carbocycles. The number of aromatic nitrogens is 2. The monoisotopic (exact) mass is 606 g/mol. The molecule has 0 atom stereocenters. The smallest absolute Gasteiger partial charge is 0.230 e. The van der Waals surface area contributed by atoms with Crippen molar-refractivity contribution < 1.29 is 14.3 Å². The standard InChI is InChI=1S/C33H39ClN4O3S/c1-5-23(2)20-27(35-30(39)21-25-13-7-9-15-28(25)34)19-18-24(3)12-6-11-17-32-37-38-33(42-32)36-31(40)22-26-14-8-10-16-29(26)41-4/h7-10,13-16,18-20H,5-6,11-12,17,21-22H2,1-4H3,(H,35,39)(H,36,38,40). The van der Waals surface area contributed by atoms with Crippen LogP contribution in [0.4, 0.5) is 5.13 Å². The molecule has 42 heavy (non-hydrogen) atoms. The van der Waals surface area contributed by atoms with E-state index >= 15 is 0 Å². The lowest BCUT2D eigenvalue weighted by Crippen LogP contribution is -2.24. The maximum Gasteiger partial charge on any atom is 0.230 e. The number of benzene rings is 2. The Morgan fingerprint density at radius 2 is 1.64 bits per heavy atom. The number of unbranched alkanes of at least 4 members (excludes halogenated alkanes) is 1. The Morgan fingerprint density at radius 1 is 0.929 bits per heavy atom. The molecule has 3 rings (SSSR count). The molecule has 0 aliphatic rings. The predicted octanol–water partition coefficient (Wildman–Crippen LogP) is 7.64. The topological polar surface area (TPSA) is 93.2 Å². The lowest BCUT2D eigenvalue weighted by Gasteiger charge is -2.09. The quantitative estimate of drug-likeness (QED) is 0.137. The molecule has 0 radical (unpaired) electrons. The third kappa shape index (κ3) is 11.3. The highest BCUT2D eigenvalue weighted by Gasteiger charge is 2.12. The Kier molecular flexibility index (Phi) is 13.5. The molecule has 1 heterocycles. The molecule has 3 aromatic rings. The van der Waals surface area contributed by atoms with Crippen LogP contribution in [0.25, 0.3) is 0 Å². The number of ether oxygens (including phenoxy) is 1. The van der Waals surface area contributed by atoms with Crippen molar-refractivity contribution in [1.29, 1.82) is 0 Å². The van der Waals surface area contributed by atoms with Crippen LogP contribution in [0.5, 0.6) is 5.75 Å². The fourth-order valence-corrected chi connectivity index (χ4v) is 5.10. The van der Waals surface area contributed by atoms with E-state index < -0.39 is 0 Å². The van der Waals surface area contributed by atoms with Crippen molar-refractivity contribution in [2.75, 3.05) is 12.4 Å². The summed E-state index contributed by atoms with van der Waals surface area (Å²) in [6.45, 7) is 6.23. The molecule has 0 saturated heterocycles. The molecule has 0 unspecified atom stereocenters. The lowest BCUT2D eigenvalue weighted by molar-refractivity contribution is -0.119. The molecule has 2 aromatic carbocycles. The van der Waals surface area contributed by atoms with Crippen LogP contribution in [0.15, 0.2) is 83.6 Å². The molecule has 7 nitrogen and oxygen atoms in total. The molecule has 1 aromatic heterocycles. The summed E-state index contributed by atoms with van der Waals surface area (Å²) in [5, 5.41) is 16.2. The highest BCUT2D eigenvalue weighted by Crippen LogP contribution is 2.21. The van der Waals surface area contributed by atoms with Gasteiger partial charge >= 0.3 is 0 Å². The van der Waals surface area contributed by atoms with Crippen molar-refractivity contribution in [3.8, 4) is 5.75 Å². The molecule has 2 amide bonds. The third-order valence-electron chi connectivity index (χ3n) is 6.57. The Labute approximate surface area is 257 Å².